The Kier molecular flexibility index (Phi) is 5.22. The van der Waals surface area contributed by atoms with E-state index in [4.69, 9.17) is 4.74 Å². The zero-order valence-electron chi connectivity index (χ0n) is 18.2. The number of carbonyl (C=O) groups is 1. The van der Waals surface area contributed by atoms with Crippen LogP contribution in [0.2, 0.25) is 0 Å². The molecule has 0 fully saturated rings. The Balaban J connectivity index is 1.61. The van der Waals surface area contributed by atoms with E-state index in [0.717, 1.165) is 12.1 Å². The molecule has 3 heterocycles. The van der Waals surface area contributed by atoms with Gasteiger partial charge in [0.2, 0.25) is 0 Å². The molecule has 1 aliphatic rings. The van der Waals surface area contributed by atoms with Gasteiger partial charge in [-0.05, 0) is 48.2 Å². The fourth-order valence-corrected chi connectivity index (χ4v) is 4.57. The van der Waals surface area contributed by atoms with Crippen molar-refractivity contribution in [3.63, 3.8) is 0 Å². The molecular formula is C24H20F3N3O4. The van der Waals surface area contributed by atoms with E-state index in [1.807, 2.05) is 0 Å². The van der Waals surface area contributed by atoms with Gasteiger partial charge in [0.15, 0.2) is 11.6 Å². The molecule has 176 valence electrons. The van der Waals surface area contributed by atoms with Crippen LogP contribution in [0.3, 0.4) is 0 Å². The summed E-state index contributed by atoms with van der Waals surface area (Å²) in [6, 6.07) is 5.03. The number of ether oxygens (including phenoxy) is 1. The van der Waals surface area contributed by atoms with Gasteiger partial charge in [-0.1, -0.05) is 0 Å². The van der Waals surface area contributed by atoms with Crippen LogP contribution in [0.5, 0.6) is 0 Å². The SMILES string of the molecule is C[C@H](O)c1cc(F)cc2[nH]c(C(=O)N(C)[C@@H]3COCc4[nH]c(=O)c5cc(F)c(F)cc5c43)cc12. The average Bonchev–Trinajstić information content (AvgIpc) is 3.22. The second-order valence-corrected chi connectivity index (χ2v) is 8.42. The quantitative estimate of drug-likeness (QED) is 0.423. The van der Waals surface area contributed by atoms with Crippen molar-refractivity contribution in [2.24, 2.45) is 0 Å². The van der Waals surface area contributed by atoms with Gasteiger partial charge in [0.1, 0.15) is 11.5 Å². The molecule has 34 heavy (non-hydrogen) atoms. The molecule has 2 aromatic carbocycles. The second kappa shape index (κ2) is 8.00. The number of H-pyrrole nitrogens is 2. The van der Waals surface area contributed by atoms with E-state index in [9.17, 15) is 27.9 Å². The third kappa shape index (κ3) is 3.46. The summed E-state index contributed by atoms with van der Waals surface area (Å²) in [5, 5.41) is 10.7. The number of hydrogen-bond donors (Lipinski definition) is 3. The molecule has 5 rings (SSSR count). The molecule has 0 aliphatic carbocycles. The predicted molar refractivity (Wildman–Crippen MR) is 118 cm³/mol. The van der Waals surface area contributed by atoms with Crippen LogP contribution in [0, 0.1) is 17.5 Å². The van der Waals surface area contributed by atoms with E-state index in [1.54, 1.807) is 0 Å². The number of carbonyl (C=O) groups excluding carboxylic acids is 1. The Morgan fingerprint density at radius 2 is 1.79 bits per heavy atom. The lowest BCUT2D eigenvalue weighted by atomic mass is 9.95. The van der Waals surface area contributed by atoms with Crippen LogP contribution in [-0.2, 0) is 11.3 Å². The molecule has 0 saturated heterocycles. The molecule has 1 aliphatic heterocycles. The summed E-state index contributed by atoms with van der Waals surface area (Å²) in [6.07, 6.45) is -0.952. The number of nitrogens with zero attached hydrogens (tertiary/aromatic N) is 1. The number of aromatic nitrogens is 2. The van der Waals surface area contributed by atoms with Crippen LogP contribution in [0.1, 0.15) is 46.4 Å². The topological polar surface area (TPSA) is 98.4 Å². The summed E-state index contributed by atoms with van der Waals surface area (Å²) in [7, 11) is 1.52. The molecule has 3 N–H and O–H groups in total. The molecule has 0 unspecified atom stereocenters. The normalized spacial score (nSPS) is 16.6. The smallest absolute Gasteiger partial charge is 0.270 e. The van der Waals surface area contributed by atoms with Gasteiger partial charge >= 0.3 is 0 Å². The van der Waals surface area contributed by atoms with E-state index in [1.165, 1.54) is 37.1 Å². The number of rotatable bonds is 3. The lowest BCUT2D eigenvalue weighted by Gasteiger charge is -2.33. The molecule has 10 heteroatoms. The zero-order chi connectivity index (χ0) is 24.3. The van der Waals surface area contributed by atoms with Gasteiger partial charge < -0.3 is 24.7 Å². The van der Waals surface area contributed by atoms with Crippen molar-refractivity contribution in [2.75, 3.05) is 13.7 Å². The second-order valence-electron chi connectivity index (χ2n) is 8.42. The number of fused-ring (bicyclic) bond motifs is 4. The van der Waals surface area contributed by atoms with Crippen LogP contribution in [0.4, 0.5) is 13.2 Å². The molecule has 0 saturated carbocycles. The van der Waals surface area contributed by atoms with Crippen molar-refractivity contribution in [2.45, 2.75) is 25.7 Å². The number of amides is 1. The number of benzene rings is 2. The first-order valence-corrected chi connectivity index (χ1v) is 10.5. The number of likely N-dealkylation sites (N-methyl/N-ethyl adjacent to an activating group) is 1. The van der Waals surface area contributed by atoms with Crippen LogP contribution >= 0.6 is 0 Å². The highest BCUT2D eigenvalue weighted by Gasteiger charge is 2.32. The Morgan fingerprint density at radius 1 is 1.09 bits per heavy atom. The van der Waals surface area contributed by atoms with Gasteiger partial charge in [0, 0.05) is 29.2 Å². The molecule has 0 radical (unpaired) electrons. The number of aliphatic hydroxyl groups excluding tert-OH is 1. The third-order valence-corrected chi connectivity index (χ3v) is 6.24. The standard InChI is InChI=1S/C24H20F3N3O4/c1-10(31)12-3-11(25)4-18-13(12)7-19(28-18)24(33)30(2)21-9-34-8-20-22(21)14-5-16(26)17(27)6-15(14)23(32)29-20/h3-7,10,21,28,31H,8-9H2,1-2H3,(H,29,32)/t10-,21+/m0/s1. The van der Waals surface area contributed by atoms with Crippen LogP contribution in [0.15, 0.2) is 35.1 Å². The highest BCUT2D eigenvalue weighted by atomic mass is 19.2. The molecule has 1 amide bonds. The van der Waals surface area contributed by atoms with Gasteiger partial charge in [-0.3, -0.25) is 9.59 Å². The number of aliphatic hydroxyl groups is 1. The van der Waals surface area contributed by atoms with E-state index in [2.05, 4.69) is 9.97 Å². The summed E-state index contributed by atoms with van der Waals surface area (Å²) < 4.78 is 47.5. The monoisotopic (exact) mass is 471 g/mol. The Labute approximate surface area is 190 Å². The van der Waals surface area contributed by atoms with E-state index in [0.29, 0.717) is 27.7 Å². The van der Waals surface area contributed by atoms with Crippen molar-refractivity contribution in [3.8, 4) is 0 Å². The fraction of sp³-hybridized carbons (Fsp3) is 0.250. The highest BCUT2D eigenvalue weighted by Crippen LogP contribution is 2.35. The van der Waals surface area contributed by atoms with Gasteiger partial charge in [-0.15, -0.1) is 0 Å². The van der Waals surface area contributed by atoms with Crippen molar-refractivity contribution >= 4 is 27.6 Å². The third-order valence-electron chi connectivity index (χ3n) is 6.24. The number of aromatic amines is 2. The largest absolute Gasteiger partial charge is 0.389 e. The first-order chi connectivity index (χ1) is 16.2. The van der Waals surface area contributed by atoms with E-state index >= 15 is 0 Å². The van der Waals surface area contributed by atoms with Crippen molar-refractivity contribution in [1.82, 2.24) is 14.9 Å². The molecule has 4 aromatic rings. The van der Waals surface area contributed by atoms with Gasteiger partial charge in [0.25, 0.3) is 11.5 Å². The summed E-state index contributed by atoms with van der Waals surface area (Å²) >= 11 is 0. The first-order valence-electron chi connectivity index (χ1n) is 10.5. The lowest BCUT2D eigenvalue weighted by Crippen LogP contribution is -2.37. The minimum atomic E-state index is -1.15. The molecule has 0 bridgehead atoms. The lowest BCUT2D eigenvalue weighted by molar-refractivity contribution is 0.0333. The minimum Gasteiger partial charge on any atom is -0.389 e. The van der Waals surface area contributed by atoms with Gasteiger partial charge in [-0.2, -0.15) is 0 Å². The van der Waals surface area contributed by atoms with Crippen molar-refractivity contribution in [1.29, 1.82) is 0 Å². The van der Waals surface area contributed by atoms with E-state index < -0.39 is 41.1 Å². The summed E-state index contributed by atoms with van der Waals surface area (Å²) in [5.74, 6) is -3.29. The fourth-order valence-electron chi connectivity index (χ4n) is 4.57. The maximum atomic E-state index is 14.1. The Bertz CT molecular complexity index is 1530. The Morgan fingerprint density at radius 3 is 2.50 bits per heavy atom. The molecule has 7 nitrogen and oxygen atoms in total. The van der Waals surface area contributed by atoms with Crippen molar-refractivity contribution < 1.29 is 27.8 Å². The molecule has 0 spiro atoms. The van der Waals surface area contributed by atoms with Gasteiger partial charge in [0.05, 0.1) is 30.7 Å². The molecular weight excluding hydrogens is 451 g/mol. The average molecular weight is 471 g/mol. The van der Waals surface area contributed by atoms with Gasteiger partial charge in [-0.25, -0.2) is 13.2 Å². The summed E-state index contributed by atoms with van der Waals surface area (Å²) in [5.41, 5.74) is 1.06. The van der Waals surface area contributed by atoms with Crippen LogP contribution < -0.4 is 5.56 Å². The number of hydrogen-bond acceptors (Lipinski definition) is 4. The molecule has 2 atom stereocenters. The minimum absolute atomic E-state index is 0.0342. The zero-order valence-corrected chi connectivity index (χ0v) is 18.2. The van der Waals surface area contributed by atoms with E-state index in [-0.39, 0.29) is 29.7 Å². The maximum Gasteiger partial charge on any atom is 0.270 e. The van der Waals surface area contributed by atoms with Crippen molar-refractivity contribution in [3.05, 3.63) is 80.7 Å². The summed E-state index contributed by atoms with van der Waals surface area (Å²) in [4.78, 5) is 32.7. The number of pyridine rings is 1. The predicted octanol–water partition coefficient (Wildman–Crippen LogP) is 3.82. The van der Waals surface area contributed by atoms with Crippen LogP contribution in [-0.4, -0.2) is 39.5 Å². The summed E-state index contributed by atoms with van der Waals surface area (Å²) in [6.45, 7) is 1.60. The van der Waals surface area contributed by atoms with Crippen LogP contribution in [0.25, 0.3) is 21.7 Å². The Hall–Kier alpha value is -3.63. The number of nitrogens with one attached hydrogen (secondary N) is 2. The maximum absolute atomic E-state index is 14.1. The first kappa shape index (κ1) is 22.2. The highest BCUT2D eigenvalue weighted by molar-refractivity contribution is 5.99. The number of halogens is 3. The molecule has 2 aromatic heterocycles.